The summed E-state index contributed by atoms with van der Waals surface area (Å²) in [5, 5.41) is 8.72. The summed E-state index contributed by atoms with van der Waals surface area (Å²) in [4.78, 5) is 0. The van der Waals surface area contributed by atoms with E-state index in [-0.39, 0.29) is 12.5 Å². The zero-order valence-corrected chi connectivity index (χ0v) is 9.10. The summed E-state index contributed by atoms with van der Waals surface area (Å²) in [7, 11) is -3.09. The molecule has 0 bridgehead atoms. The van der Waals surface area contributed by atoms with Crippen LogP contribution in [0.4, 0.5) is 0 Å². The van der Waals surface area contributed by atoms with Gasteiger partial charge in [-0.05, 0) is 18.8 Å². The minimum absolute atomic E-state index is 0.121. The molecule has 0 fully saturated rings. The van der Waals surface area contributed by atoms with E-state index in [0.29, 0.717) is 13.0 Å². The van der Waals surface area contributed by atoms with Gasteiger partial charge in [0.2, 0.25) is 10.0 Å². The molecule has 4 nitrogen and oxygen atoms in total. The minimum Gasteiger partial charge on any atom is -0.396 e. The number of hydrogen-bond acceptors (Lipinski definition) is 3. The zero-order chi connectivity index (χ0) is 10.3. The van der Waals surface area contributed by atoms with E-state index in [4.69, 9.17) is 5.11 Å². The van der Waals surface area contributed by atoms with E-state index in [1.807, 2.05) is 6.92 Å². The first kappa shape index (κ1) is 12.9. The van der Waals surface area contributed by atoms with Crippen LogP contribution in [0.1, 0.15) is 26.2 Å². The van der Waals surface area contributed by atoms with Gasteiger partial charge in [-0.25, -0.2) is 13.1 Å². The first-order valence-electron chi connectivity index (χ1n) is 4.55. The van der Waals surface area contributed by atoms with Crippen molar-refractivity contribution < 1.29 is 13.5 Å². The number of nitrogens with one attached hydrogen (secondary N) is 1. The van der Waals surface area contributed by atoms with Crippen LogP contribution in [0.3, 0.4) is 0 Å². The summed E-state index contributed by atoms with van der Waals surface area (Å²) in [5.74, 6) is 0.254. The van der Waals surface area contributed by atoms with Crippen molar-refractivity contribution in [2.75, 3.05) is 19.4 Å². The Labute approximate surface area is 80.4 Å². The minimum atomic E-state index is -3.09. The molecule has 2 N–H and O–H groups in total. The summed E-state index contributed by atoms with van der Waals surface area (Å²) in [6, 6.07) is 0. The van der Waals surface area contributed by atoms with Crippen LogP contribution < -0.4 is 4.72 Å². The molecular formula is C8H19NO3S. The summed E-state index contributed by atoms with van der Waals surface area (Å²) < 4.78 is 24.0. The SMILES string of the molecule is CCCC(CCO)CNS(C)(=O)=O. The van der Waals surface area contributed by atoms with E-state index in [2.05, 4.69) is 4.72 Å². The Kier molecular flexibility index (Phi) is 6.28. The molecule has 0 aliphatic carbocycles. The molecule has 0 saturated carbocycles. The van der Waals surface area contributed by atoms with Gasteiger partial charge in [0.1, 0.15) is 0 Å². The lowest BCUT2D eigenvalue weighted by molar-refractivity contribution is 0.251. The van der Waals surface area contributed by atoms with Crippen molar-refractivity contribution in [3.8, 4) is 0 Å². The second-order valence-corrected chi connectivity index (χ2v) is 5.12. The van der Waals surface area contributed by atoms with Gasteiger partial charge in [-0.15, -0.1) is 0 Å². The van der Waals surface area contributed by atoms with Gasteiger partial charge in [-0.2, -0.15) is 0 Å². The Morgan fingerprint density at radius 1 is 1.38 bits per heavy atom. The van der Waals surface area contributed by atoms with E-state index in [9.17, 15) is 8.42 Å². The third kappa shape index (κ3) is 8.21. The first-order chi connectivity index (χ1) is 5.99. The van der Waals surface area contributed by atoms with Crippen LogP contribution in [0.25, 0.3) is 0 Å². The molecule has 0 aromatic heterocycles. The normalized spacial score (nSPS) is 14.4. The second kappa shape index (κ2) is 6.34. The van der Waals surface area contributed by atoms with Crippen LogP contribution in [-0.2, 0) is 10.0 Å². The van der Waals surface area contributed by atoms with E-state index < -0.39 is 10.0 Å². The fraction of sp³-hybridized carbons (Fsp3) is 1.00. The van der Waals surface area contributed by atoms with Crippen LogP contribution >= 0.6 is 0 Å². The highest BCUT2D eigenvalue weighted by atomic mass is 32.2. The quantitative estimate of drug-likeness (QED) is 0.635. The molecule has 5 heteroatoms. The van der Waals surface area contributed by atoms with Crippen LogP contribution in [0.15, 0.2) is 0 Å². The Bertz CT molecular complexity index is 207. The fourth-order valence-electron chi connectivity index (χ4n) is 1.21. The Hall–Kier alpha value is -0.130. The third-order valence-electron chi connectivity index (χ3n) is 1.87. The Balaban J connectivity index is 3.81. The number of aliphatic hydroxyl groups excluding tert-OH is 1. The number of aliphatic hydroxyl groups is 1. The predicted molar refractivity (Wildman–Crippen MR) is 52.9 cm³/mol. The fourth-order valence-corrected chi connectivity index (χ4v) is 1.75. The van der Waals surface area contributed by atoms with E-state index in [1.165, 1.54) is 0 Å². The topological polar surface area (TPSA) is 66.4 Å². The maximum atomic E-state index is 10.8. The Morgan fingerprint density at radius 3 is 2.38 bits per heavy atom. The van der Waals surface area contributed by atoms with Crippen molar-refractivity contribution in [2.45, 2.75) is 26.2 Å². The van der Waals surface area contributed by atoms with Gasteiger partial charge in [0.25, 0.3) is 0 Å². The standard InChI is InChI=1S/C8H19NO3S/c1-3-4-8(5-6-10)7-9-13(2,11)12/h8-10H,3-7H2,1-2H3. The van der Waals surface area contributed by atoms with Crippen molar-refractivity contribution in [3.05, 3.63) is 0 Å². The van der Waals surface area contributed by atoms with Crippen LogP contribution in [0, 0.1) is 5.92 Å². The lowest BCUT2D eigenvalue weighted by atomic mass is 10.0. The first-order valence-corrected chi connectivity index (χ1v) is 6.44. The van der Waals surface area contributed by atoms with E-state index in [1.54, 1.807) is 0 Å². The van der Waals surface area contributed by atoms with Crippen molar-refractivity contribution in [3.63, 3.8) is 0 Å². The van der Waals surface area contributed by atoms with Crippen molar-refractivity contribution in [1.82, 2.24) is 4.72 Å². The van der Waals surface area contributed by atoms with Crippen LogP contribution in [0.5, 0.6) is 0 Å². The smallest absolute Gasteiger partial charge is 0.208 e. The monoisotopic (exact) mass is 209 g/mol. The zero-order valence-electron chi connectivity index (χ0n) is 8.28. The molecule has 0 aromatic carbocycles. The summed E-state index contributed by atoms with van der Waals surface area (Å²) in [5.41, 5.74) is 0. The molecule has 80 valence electrons. The summed E-state index contributed by atoms with van der Waals surface area (Å²) >= 11 is 0. The molecule has 0 amide bonds. The molecule has 0 aromatic rings. The summed E-state index contributed by atoms with van der Waals surface area (Å²) in [6.07, 6.45) is 3.77. The average Bonchev–Trinajstić information content (AvgIpc) is 2.00. The van der Waals surface area contributed by atoms with Gasteiger partial charge >= 0.3 is 0 Å². The van der Waals surface area contributed by atoms with Crippen LogP contribution in [-0.4, -0.2) is 32.9 Å². The highest BCUT2D eigenvalue weighted by Gasteiger charge is 2.09. The molecule has 0 aliphatic heterocycles. The van der Waals surface area contributed by atoms with Crippen molar-refractivity contribution in [2.24, 2.45) is 5.92 Å². The molecule has 0 heterocycles. The molecule has 13 heavy (non-hydrogen) atoms. The Morgan fingerprint density at radius 2 is 2.00 bits per heavy atom. The lowest BCUT2D eigenvalue weighted by Gasteiger charge is -2.14. The second-order valence-electron chi connectivity index (χ2n) is 3.29. The largest absolute Gasteiger partial charge is 0.396 e. The number of sulfonamides is 1. The molecule has 0 rings (SSSR count). The maximum Gasteiger partial charge on any atom is 0.208 e. The van der Waals surface area contributed by atoms with Gasteiger partial charge in [0.05, 0.1) is 6.26 Å². The predicted octanol–water partition coefficient (Wildman–Crippen LogP) is 0.334. The molecule has 0 radical (unpaired) electrons. The number of rotatable bonds is 7. The maximum absolute atomic E-state index is 10.8. The van der Waals surface area contributed by atoms with Gasteiger partial charge in [-0.1, -0.05) is 13.3 Å². The highest BCUT2D eigenvalue weighted by molar-refractivity contribution is 7.88. The number of hydrogen-bond donors (Lipinski definition) is 2. The average molecular weight is 209 g/mol. The molecule has 1 unspecified atom stereocenters. The van der Waals surface area contributed by atoms with Crippen molar-refractivity contribution in [1.29, 1.82) is 0 Å². The highest BCUT2D eigenvalue weighted by Crippen LogP contribution is 2.09. The third-order valence-corrected chi connectivity index (χ3v) is 2.56. The van der Waals surface area contributed by atoms with Gasteiger partial charge in [-0.3, -0.25) is 0 Å². The van der Waals surface area contributed by atoms with Gasteiger partial charge < -0.3 is 5.11 Å². The van der Waals surface area contributed by atoms with E-state index >= 15 is 0 Å². The van der Waals surface area contributed by atoms with Crippen LogP contribution in [0.2, 0.25) is 0 Å². The van der Waals surface area contributed by atoms with E-state index in [0.717, 1.165) is 19.1 Å². The van der Waals surface area contributed by atoms with Gasteiger partial charge in [0.15, 0.2) is 0 Å². The lowest BCUT2D eigenvalue weighted by Crippen LogP contribution is -2.28. The summed E-state index contributed by atoms with van der Waals surface area (Å²) in [6.45, 7) is 2.61. The molecule has 0 spiro atoms. The molecule has 1 atom stereocenters. The van der Waals surface area contributed by atoms with Crippen molar-refractivity contribution >= 4 is 10.0 Å². The molecule has 0 aliphatic rings. The van der Waals surface area contributed by atoms with Gasteiger partial charge in [0, 0.05) is 13.2 Å². The molecule has 0 saturated heterocycles. The molecular weight excluding hydrogens is 190 g/mol.